The molecule has 0 spiro atoms. The third-order valence-corrected chi connectivity index (χ3v) is 5.15. The van der Waals surface area contributed by atoms with Crippen molar-refractivity contribution in [3.8, 4) is 5.75 Å². The quantitative estimate of drug-likeness (QED) is 0.510. The maximum Gasteiger partial charge on any atom is 0.418 e. The van der Waals surface area contributed by atoms with E-state index in [4.69, 9.17) is 4.74 Å². The van der Waals surface area contributed by atoms with Crippen molar-refractivity contribution in [1.82, 2.24) is 14.6 Å². The Hall–Kier alpha value is -3.73. The number of carbonyl (C=O) groups excluding carboxylic acids is 1. The molecule has 2 aromatic heterocycles. The number of anilines is 1. The van der Waals surface area contributed by atoms with E-state index in [0.717, 1.165) is 11.6 Å². The molecule has 31 heavy (non-hydrogen) atoms. The number of rotatable bonds is 5. The van der Waals surface area contributed by atoms with Gasteiger partial charge < -0.3 is 10.1 Å². The van der Waals surface area contributed by atoms with Crippen molar-refractivity contribution < 1.29 is 22.7 Å². The van der Waals surface area contributed by atoms with E-state index in [1.54, 1.807) is 30.3 Å². The second-order valence-electron chi connectivity index (χ2n) is 6.32. The van der Waals surface area contributed by atoms with Gasteiger partial charge in [-0.05, 0) is 35.9 Å². The number of aromatic nitrogens is 3. The van der Waals surface area contributed by atoms with Crippen molar-refractivity contribution in [3.63, 3.8) is 0 Å². The first-order valence-corrected chi connectivity index (χ1v) is 9.66. The fourth-order valence-electron chi connectivity index (χ4n) is 2.76. The van der Waals surface area contributed by atoms with Gasteiger partial charge in [-0.15, -0.1) is 0 Å². The number of amides is 1. The highest BCUT2D eigenvalue weighted by Gasteiger charge is 2.33. The molecule has 7 nitrogen and oxygen atoms in total. The molecular formula is C20H13F3N4O3S. The van der Waals surface area contributed by atoms with E-state index in [1.165, 1.54) is 40.4 Å². The van der Waals surface area contributed by atoms with Crippen molar-refractivity contribution >= 4 is 34.0 Å². The maximum absolute atomic E-state index is 13.0. The maximum atomic E-state index is 13.0. The van der Waals surface area contributed by atoms with Crippen molar-refractivity contribution in [2.24, 2.45) is 0 Å². The van der Waals surface area contributed by atoms with E-state index < -0.39 is 24.3 Å². The summed E-state index contributed by atoms with van der Waals surface area (Å²) < 4.78 is 46.0. The summed E-state index contributed by atoms with van der Waals surface area (Å²) >= 11 is 1.20. The molecule has 0 unspecified atom stereocenters. The van der Waals surface area contributed by atoms with Crippen molar-refractivity contribution in [2.75, 3.05) is 11.9 Å². The predicted molar refractivity (Wildman–Crippen MR) is 108 cm³/mol. The molecule has 2 aromatic carbocycles. The Labute approximate surface area is 176 Å². The van der Waals surface area contributed by atoms with Gasteiger partial charge in [0.25, 0.3) is 11.5 Å². The topological polar surface area (TPSA) is 85.6 Å². The van der Waals surface area contributed by atoms with Crippen molar-refractivity contribution in [3.05, 3.63) is 80.9 Å². The van der Waals surface area contributed by atoms with Crippen LogP contribution in [0.5, 0.6) is 5.75 Å². The van der Waals surface area contributed by atoms with Crippen molar-refractivity contribution in [1.29, 1.82) is 0 Å². The molecule has 0 radical (unpaired) electrons. The average Bonchev–Trinajstić information content (AvgIpc) is 3.30. The number of alkyl halides is 3. The lowest BCUT2D eigenvalue weighted by Gasteiger charge is -2.13. The normalized spacial score (nSPS) is 12.3. The van der Waals surface area contributed by atoms with Gasteiger partial charge in [0.15, 0.2) is 6.61 Å². The highest BCUT2D eigenvalue weighted by atomic mass is 32.1. The third kappa shape index (κ3) is 4.56. The first-order chi connectivity index (χ1) is 14.8. The Bertz CT molecular complexity index is 1350. The molecule has 0 aliphatic carbocycles. The number of para-hydroxylation sites is 1. The molecule has 0 saturated carbocycles. The van der Waals surface area contributed by atoms with Gasteiger partial charge >= 0.3 is 6.18 Å². The van der Waals surface area contributed by atoms with E-state index in [2.05, 4.69) is 15.4 Å². The average molecular weight is 446 g/mol. The van der Waals surface area contributed by atoms with Gasteiger partial charge in [0, 0.05) is 0 Å². The van der Waals surface area contributed by atoms with E-state index >= 15 is 0 Å². The number of ether oxygens (including phenoxy) is 1. The Kier molecular flexibility index (Phi) is 5.42. The van der Waals surface area contributed by atoms with Crippen LogP contribution in [0.1, 0.15) is 11.1 Å². The Balaban J connectivity index is 1.40. The van der Waals surface area contributed by atoms with E-state index in [9.17, 15) is 22.8 Å². The summed E-state index contributed by atoms with van der Waals surface area (Å²) in [4.78, 5) is 28.7. The van der Waals surface area contributed by atoms with Crippen LogP contribution in [0.2, 0.25) is 0 Å². The number of nitrogens with zero attached hydrogens (tertiary/aromatic N) is 3. The monoisotopic (exact) mass is 446 g/mol. The number of halogens is 3. The summed E-state index contributed by atoms with van der Waals surface area (Å²) in [5.41, 5.74) is -0.818. The van der Waals surface area contributed by atoms with Crippen LogP contribution in [0.15, 0.2) is 59.7 Å². The van der Waals surface area contributed by atoms with Crippen LogP contribution in [0, 0.1) is 0 Å². The zero-order valence-electron chi connectivity index (χ0n) is 15.6. The second-order valence-corrected chi connectivity index (χ2v) is 7.33. The van der Waals surface area contributed by atoms with Gasteiger partial charge in [-0.1, -0.05) is 35.6 Å². The zero-order chi connectivity index (χ0) is 22.0. The third-order valence-electron chi connectivity index (χ3n) is 4.18. The zero-order valence-corrected chi connectivity index (χ0v) is 16.4. The largest absolute Gasteiger partial charge is 0.484 e. The SMILES string of the molecule is O=C(COc1ccc(/C=c2\sc3ncnn3c2=O)cc1)Nc1ccccc1C(F)(F)F. The van der Waals surface area contributed by atoms with Gasteiger partial charge in [0.2, 0.25) is 4.96 Å². The number of fused-ring (bicyclic) bond motifs is 1. The summed E-state index contributed by atoms with van der Waals surface area (Å²) in [5, 5.41) is 6.06. The molecule has 0 atom stereocenters. The molecule has 11 heteroatoms. The fraction of sp³-hybridized carbons (Fsp3) is 0.100. The highest BCUT2D eigenvalue weighted by Crippen LogP contribution is 2.34. The molecule has 4 aromatic rings. The van der Waals surface area contributed by atoms with Gasteiger partial charge in [-0.2, -0.15) is 22.8 Å². The second kappa shape index (κ2) is 8.19. The first-order valence-electron chi connectivity index (χ1n) is 8.84. The fourth-order valence-corrected chi connectivity index (χ4v) is 3.65. The summed E-state index contributed by atoms with van der Waals surface area (Å²) in [5.74, 6) is -0.376. The van der Waals surface area contributed by atoms with Crippen LogP contribution in [0.4, 0.5) is 18.9 Å². The molecule has 0 saturated heterocycles. The van der Waals surface area contributed by atoms with Crippen LogP contribution in [0.25, 0.3) is 11.0 Å². The summed E-state index contributed by atoms with van der Waals surface area (Å²) in [7, 11) is 0. The Morgan fingerprint density at radius 3 is 2.61 bits per heavy atom. The molecule has 1 amide bonds. The molecular weight excluding hydrogens is 433 g/mol. The molecule has 2 heterocycles. The molecule has 158 valence electrons. The van der Waals surface area contributed by atoms with Crippen LogP contribution < -0.4 is 20.1 Å². The highest BCUT2D eigenvalue weighted by molar-refractivity contribution is 7.15. The van der Waals surface area contributed by atoms with Gasteiger partial charge in [0.05, 0.1) is 15.8 Å². The molecule has 0 aliphatic rings. The van der Waals surface area contributed by atoms with Crippen LogP contribution in [-0.2, 0) is 11.0 Å². The smallest absolute Gasteiger partial charge is 0.418 e. The molecule has 1 N–H and O–H groups in total. The summed E-state index contributed by atoms with van der Waals surface area (Å²) in [6.07, 6.45) is -1.60. The number of benzene rings is 2. The van der Waals surface area contributed by atoms with Gasteiger partial charge in [-0.3, -0.25) is 9.59 Å². The van der Waals surface area contributed by atoms with Crippen LogP contribution >= 0.6 is 11.3 Å². The van der Waals surface area contributed by atoms with Crippen LogP contribution in [-0.4, -0.2) is 27.1 Å². The molecule has 4 rings (SSSR count). The number of carbonyl (C=O) groups is 1. The lowest BCUT2D eigenvalue weighted by Crippen LogP contribution is -2.23. The van der Waals surface area contributed by atoms with E-state index in [0.29, 0.717) is 15.2 Å². The number of hydrogen-bond donors (Lipinski definition) is 1. The van der Waals surface area contributed by atoms with Crippen LogP contribution in [0.3, 0.4) is 0 Å². The van der Waals surface area contributed by atoms with E-state index in [-0.39, 0.29) is 11.2 Å². The Morgan fingerprint density at radius 2 is 1.90 bits per heavy atom. The minimum atomic E-state index is -4.58. The molecule has 0 aliphatic heterocycles. The summed E-state index contributed by atoms with van der Waals surface area (Å²) in [6.45, 7) is -0.465. The number of hydrogen-bond acceptors (Lipinski definition) is 6. The lowest BCUT2D eigenvalue weighted by molar-refractivity contribution is -0.137. The number of nitrogens with one attached hydrogen (secondary N) is 1. The van der Waals surface area contributed by atoms with E-state index in [1.807, 2.05) is 0 Å². The number of thiazole rings is 1. The lowest BCUT2D eigenvalue weighted by atomic mass is 10.1. The minimum Gasteiger partial charge on any atom is -0.484 e. The molecule has 0 fully saturated rings. The summed E-state index contributed by atoms with van der Waals surface area (Å²) in [6, 6.07) is 11.2. The Morgan fingerprint density at radius 1 is 1.16 bits per heavy atom. The van der Waals surface area contributed by atoms with Gasteiger partial charge in [-0.25, -0.2) is 4.98 Å². The predicted octanol–water partition coefficient (Wildman–Crippen LogP) is 2.74. The minimum absolute atomic E-state index is 0.270. The first kappa shape index (κ1) is 20.5. The van der Waals surface area contributed by atoms with Crippen molar-refractivity contribution in [2.45, 2.75) is 6.18 Å². The molecule has 0 bridgehead atoms. The van der Waals surface area contributed by atoms with Gasteiger partial charge in [0.1, 0.15) is 12.1 Å². The standard InChI is InChI=1S/C20H13F3N4O3S/c21-20(22,23)14-3-1-2-4-15(14)26-17(28)10-30-13-7-5-12(6-8-13)9-16-18(29)27-19(31-16)24-11-25-27/h1-9,11H,10H2,(H,26,28)/b16-9-.